The number of nitrogens with one attached hydrogen (secondary N) is 1. The zero-order valence-corrected chi connectivity index (χ0v) is 16.4. The first-order valence-electron chi connectivity index (χ1n) is 9.40. The van der Waals surface area contributed by atoms with Gasteiger partial charge in [0.05, 0.1) is 5.69 Å². The van der Waals surface area contributed by atoms with E-state index in [0.29, 0.717) is 29.4 Å². The molecular formula is C21H20ClN3O4. The van der Waals surface area contributed by atoms with Gasteiger partial charge < -0.3 is 15.0 Å². The van der Waals surface area contributed by atoms with Crippen LogP contribution in [0.2, 0.25) is 5.02 Å². The number of halogens is 1. The summed E-state index contributed by atoms with van der Waals surface area (Å²) in [4.78, 5) is 39.6. The second-order valence-corrected chi connectivity index (χ2v) is 7.41. The Morgan fingerprint density at radius 2 is 1.90 bits per heavy atom. The smallest absolute Gasteiger partial charge is 0.265 e. The standard InChI is InChI=1S/C21H20ClN3O4/c22-15-5-8-18-17(10-15)25(21(28)13-29-18)12-19(26)23-11-14-3-6-16(7-4-14)24-9-1-2-20(24)27/h3-8,10H,1-2,9,11-13H2,(H,23,26). The fourth-order valence-corrected chi connectivity index (χ4v) is 3.63. The fourth-order valence-electron chi connectivity index (χ4n) is 3.46. The molecule has 2 aliphatic rings. The van der Waals surface area contributed by atoms with Gasteiger partial charge in [-0.3, -0.25) is 19.3 Å². The van der Waals surface area contributed by atoms with Gasteiger partial charge in [-0.1, -0.05) is 23.7 Å². The van der Waals surface area contributed by atoms with Crippen molar-refractivity contribution in [3.05, 3.63) is 53.1 Å². The lowest BCUT2D eigenvalue weighted by Crippen LogP contribution is -2.45. The molecule has 8 heteroatoms. The van der Waals surface area contributed by atoms with Gasteiger partial charge in [0.15, 0.2) is 6.61 Å². The summed E-state index contributed by atoms with van der Waals surface area (Å²) in [6, 6.07) is 12.5. The highest BCUT2D eigenvalue weighted by molar-refractivity contribution is 6.31. The van der Waals surface area contributed by atoms with E-state index < -0.39 is 0 Å². The molecule has 0 spiro atoms. The van der Waals surface area contributed by atoms with Gasteiger partial charge in [0.25, 0.3) is 5.91 Å². The molecule has 4 rings (SSSR count). The Hall–Kier alpha value is -3.06. The number of fused-ring (bicyclic) bond motifs is 1. The number of amides is 3. The fraction of sp³-hybridized carbons (Fsp3) is 0.286. The zero-order valence-electron chi connectivity index (χ0n) is 15.7. The molecule has 3 amide bonds. The molecule has 7 nitrogen and oxygen atoms in total. The van der Waals surface area contributed by atoms with E-state index in [1.54, 1.807) is 23.1 Å². The van der Waals surface area contributed by atoms with Crippen LogP contribution in [0.5, 0.6) is 5.75 Å². The predicted octanol–water partition coefficient (Wildman–Crippen LogP) is 2.51. The Morgan fingerprint density at radius 1 is 1.10 bits per heavy atom. The SMILES string of the molecule is O=C(CN1C(=O)COc2ccc(Cl)cc21)NCc1ccc(N2CCCC2=O)cc1. The Balaban J connectivity index is 1.36. The van der Waals surface area contributed by atoms with Crippen LogP contribution in [0, 0.1) is 0 Å². The van der Waals surface area contributed by atoms with Crippen molar-refractivity contribution in [1.29, 1.82) is 0 Å². The molecule has 0 aromatic heterocycles. The average molecular weight is 414 g/mol. The number of hydrogen-bond donors (Lipinski definition) is 1. The number of benzene rings is 2. The van der Waals surface area contributed by atoms with Crippen molar-refractivity contribution in [3.63, 3.8) is 0 Å². The summed E-state index contributed by atoms with van der Waals surface area (Å²) in [6.07, 6.45) is 1.47. The quantitative estimate of drug-likeness (QED) is 0.816. The van der Waals surface area contributed by atoms with Crippen LogP contribution in [-0.4, -0.2) is 37.4 Å². The first-order chi connectivity index (χ1) is 14.0. The second kappa shape index (κ2) is 8.13. The molecule has 2 aromatic rings. The van der Waals surface area contributed by atoms with Crippen molar-refractivity contribution in [1.82, 2.24) is 5.32 Å². The van der Waals surface area contributed by atoms with E-state index >= 15 is 0 Å². The van der Waals surface area contributed by atoms with Crippen LogP contribution in [0.1, 0.15) is 18.4 Å². The minimum Gasteiger partial charge on any atom is -0.482 e. The van der Waals surface area contributed by atoms with E-state index in [1.165, 1.54) is 4.90 Å². The molecule has 0 bridgehead atoms. The predicted molar refractivity (Wildman–Crippen MR) is 109 cm³/mol. The van der Waals surface area contributed by atoms with E-state index in [-0.39, 0.29) is 30.9 Å². The highest BCUT2D eigenvalue weighted by atomic mass is 35.5. The molecule has 2 aromatic carbocycles. The van der Waals surface area contributed by atoms with Gasteiger partial charge in [-0.25, -0.2) is 0 Å². The number of anilines is 2. The highest BCUT2D eigenvalue weighted by Gasteiger charge is 2.27. The summed E-state index contributed by atoms with van der Waals surface area (Å²) in [5.41, 5.74) is 2.27. The number of ether oxygens (including phenoxy) is 1. The summed E-state index contributed by atoms with van der Waals surface area (Å²) < 4.78 is 5.38. The maximum absolute atomic E-state index is 12.4. The van der Waals surface area contributed by atoms with Crippen LogP contribution < -0.4 is 19.9 Å². The average Bonchev–Trinajstić information content (AvgIpc) is 3.15. The van der Waals surface area contributed by atoms with Crippen LogP contribution in [0.15, 0.2) is 42.5 Å². The second-order valence-electron chi connectivity index (χ2n) is 6.97. The monoisotopic (exact) mass is 413 g/mol. The summed E-state index contributed by atoms with van der Waals surface area (Å²) in [5.74, 6) is 0.0787. The van der Waals surface area contributed by atoms with Crippen molar-refractivity contribution in [2.45, 2.75) is 19.4 Å². The summed E-state index contributed by atoms with van der Waals surface area (Å²) in [6.45, 7) is 0.844. The maximum Gasteiger partial charge on any atom is 0.265 e. The molecule has 0 aliphatic carbocycles. The normalized spacial score (nSPS) is 15.9. The van der Waals surface area contributed by atoms with E-state index in [2.05, 4.69) is 5.32 Å². The van der Waals surface area contributed by atoms with Crippen LogP contribution in [0.4, 0.5) is 11.4 Å². The highest BCUT2D eigenvalue weighted by Crippen LogP contribution is 2.34. The Morgan fingerprint density at radius 3 is 2.62 bits per heavy atom. The number of nitrogens with zero attached hydrogens (tertiary/aromatic N) is 2. The van der Waals surface area contributed by atoms with Gasteiger partial charge in [0, 0.05) is 30.2 Å². The van der Waals surface area contributed by atoms with Gasteiger partial charge in [0.1, 0.15) is 12.3 Å². The van der Waals surface area contributed by atoms with Crippen molar-refractivity contribution in [2.24, 2.45) is 0 Å². The lowest BCUT2D eigenvalue weighted by molar-refractivity contribution is -0.125. The molecule has 150 valence electrons. The Labute approximate surface area is 173 Å². The van der Waals surface area contributed by atoms with Crippen LogP contribution in [0.3, 0.4) is 0 Å². The molecule has 2 aliphatic heterocycles. The van der Waals surface area contributed by atoms with Gasteiger partial charge in [-0.15, -0.1) is 0 Å². The molecule has 0 radical (unpaired) electrons. The molecule has 0 unspecified atom stereocenters. The van der Waals surface area contributed by atoms with Crippen molar-refractivity contribution >= 4 is 40.7 Å². The van der Waals surface area contributed by atoms with Crippen LogP contribution in [-0.2, 0) is 20.9 Å². The Bertz CT molecular complexity index is 961. The van der Waals surface area contributed by atoms with Gasteiger partial charge >= 0.3 is 0 Å². The van der Waals surface area contributed by atoms with E-state index in [1.807, 2.05) is 24.3 Å². The van der Waals surface area contributed by atoms with E-state index in [0.717, 1.165) is 24.2 Å². The molecule has 0 saturated carbocycles. The maximum atomic E-state index is 12.4. The number of rotatable bonds is 5. The topological polar surface area (TPSA) is 79.0 Å². The van der Waals surface area contributed by atoms with Crippen LogP contribution >= 0.6 is 11.6 Å². The summed E-state index contributed by atoms with van der Waals surface area (Å²) in [5, 5.41) is 3.28. The molecule has 1 N–H and O–H groups in total. The Kier molecular flexibility index (Phi) is 5.40. The van der Waals surface area contributed by atoms with E-state index in [4.69, 9.17) is 16.3 Å². The third-order valence-electron chi connectivity index (χ3n) is 4.98. The van der Waals surface area contributed by atoms with E-state index in [9.17, 15) is 14.4 Å². The third kappa shape index (κ3) is 4.19. The number of hydrogen-bond acceptors (Lipinski definition) is 4. The third-order valence-corrected chi connectivity index (χ3v) is 5.21. The van der Waals surface area contributed by atoms with Crippen LogP contribution in [0.25, 0.3) is 0 Å². The molecular weight excluding hydrogens is 394 g/mol. The first kappa shape index (κ1) is 19.3. The summed E-state index contributed by atoms with van der Waals surface area (Å²) in [7, 11) is 0. The van der Waals surface area contributed by atoms with Crippen molar-refractivity contribution in [3.8, 4) is 5.75 Å². The zero-order chi connectivity index (χ0) is 20.4. The number of carbonyl (C=O) groups is 3. The lowest BCUT2D eigenvalue weighted by atomic mass is 10.2. The van der Waals surface area contributed by atoms with Gasteiger partial charge in [0.2, 0.25) is 11.8 Å². The molecule has 1 saturated heterocycles. The molecule has 0 atom stereocenters. The van der Waals surface area contributed by atoms with Crippen molar-refractivity contribution < 1.29 is 19.1 Å². The largest absolute Gasteiger partial charge is 0.482 e. The minimum absolute atomic E-state index is 0.113. The number of carbonyl (C=O) groups excluding carboxylic acids is 3. The molecule has 2 heterocycles. The molecule has 29 heavy (non-hydrogen) atoms. The minimum atomic E-state index is -0.297. The molecule has 1 fully saturated rings. The summed E-state index contributed by atoms with van der Waals surface area (Å²) >= 11 is 6.02. The van der Waals surface area contributed by atoms with Gasteiger partial charge in [-0.2, -0.15) is 0 Å². The lowest BCUT2D eigenvalue weighted by Gasteiger charge is -2.29. The first-order valence-corrected chi connectivity index (χ1v) is 9.78. The van der Waals surface area contributed by atoms with Crippen molar-refractivity contribution in [2.75, 3.05) is 29.5 Å². The van der Waals surface area contributed by atoms with Gasteiger partial charge in [-0.05, 0) is 42.3 Å².